The largest absolute Gasteiger partial charge is 0.497 e. The molecule has 0 aliphatic rings. The van der Waals surface area contributed by atoms with Crippen LogP contribution in [0.1, 0.15) is 37.4 Å². The number of rotatable bonds is 8. The second-order valence-electron chi connectivity index (χ2n) is 4.32. The van der Waals surface area contributed by atoms with Crippen LogP contribution in [0.2, 0.25) is 0 Å². The number of methoxy groups -OCH3 is 1. The SMILES string of the molecule is CCOC(OCC)c1nc(Cc2cccc(OC)c2)no1. The predicted molar refractivity (Wildman–Crippen MR) is 76.1 cm³/mol. The summed E-state index contributed by atoms with van der Waals surface area (Å²) in [4.78, 5) is 4.33. The highest BCUT2D eigenvalue weighted by atomic mass is 16.7. The van der Waals surface area contributed by atoms with Gasteiger partial charge in [0, 0.05) is 19.6 Å². The van der Waals surface area contributed by atoms with E-state index in [9.17, 15) is 0 Å². The van der Waals surface area contributed by atoms with Crippen LogP contribution in [0.25, 0.3) is 0 Å². The fourth-order valence-corrected chi connectivity index (χ4v) is 1.89. The number of benzene rings is 1. The third kappa shape index (κ3) is 4.27. The van der Waals surface area contributed by atoms with E-state index in [0.717, 1.165) is 11.3 Å². The minimum Gasteiger partial charge on any atom is -0.497 e. The molecule has 6 nitrogen and oxygen atoms in total. The summed E-state index contributed by atoms with van der Waals surface area (Å²) in [5.41, 5.74) is 1.05. The standard InChI is InChI=1S/C15H20N2O4/c1-4-19-15(20-5-2)14-16-13(17-21-14)10-11-7-6-8-12(9-11)18-3/h6-9,15H,4-5,10H2,1-3H3. The Balaban J connectivity index is 2.07. The summed E-state index contributed by atoms with van der Waals surface area (Å²) >= 11 is 0. The van der Waals surface area contributed by atoms with Gasteiger partial charge in [-0.05, 0) is 31.5 Å². The second kappa shape index (κ2) is 7.75. The van der Waals surface area contributed by atoms with E-state index in [-0.39, 0.29) is 0 Å². The fraction of sp³-hybridized carbons (Fsp3) is 0.467. The molecule has 0 saturated heterocycles. The molecule has 0 amide bonds. The van der Waals surface area contributed by atoms with Crippen LogP contribution >= 0.6 is 0 Å². The topological polar surface area (TPSA) is 66.6 Å². The summed E-state index contributed by atoms with van der Waals surface area (Å²) in [7, 11) is 1.64. The van der Waals surface area contributed by atoms with Crippen LogP contribution in [0.5, 0.6) is 5.75 Å². The van der Waals surface area contributed by atoms with Crippen LogP contribution in [0, 0.1) is 0 Å². The lowest BCUT2D eigenvalue weighted by atomic mass is 10.1. The highest BCUT2D eigenvalue weighted by molar-refractivity contribution is 5.30. The Kier molecular flexibility index (Phi) is 5.71. The van der Waals surface area contributed by atoms with Crippen molar-refractivity contribution in [3.05, 3.63) is 41.5 Å². The van der Waals surface area contributed by atoms with Crippen LogP contribution < -0.4 is 4.74 Å². The van der Waals surface area contributed by atoms with E-state index in [0.29, 0.717) is 31.3 Å². The first kappa shape index (κ1) is 15.5. The molecule has 0 aliphatic heterocycles. The molecule has 0 bridgehead atoms. The maximum absolute atomic E-state index is 5.43. The van der Waals surface area contributed by atoms with Gasteiger partial charge in [0.15, 0.2) is 5.82 Å². The molecule has 6 heteroatoms. The lowest BCUT2D eigenvalue weighted by molar-refractivity contribution is -0.155. The highest BCUT2D eigenvalue weighted by Crippen LogP contribution is 2.19. The van der Waals surface area contributed by atoms with Gasteiger partial charge >= 0.3 is 0 Å². The normalized spacial score (nSPS) is 11.0. The smallest absolute Gasteiger partial charge is 0.283 e. The average molecular weight is 292 g/mol. The molecule has 0 saturated carbocycles. The second-order valence-corrected chi connectivity index (χ2v) is 4.32. The average Bonchev–Trinajstić information content (AvgIpc) is 2.95. The molecular formula is C15H20N2O4. The minimum atomic E-state index is -0.605. The Morgan fingerprint density at radius 3 is 2.62 bits per heavy atom. The summed E-state index contributed by atoms with van der Waals surface area (Å²) < 4.78 is 21.3. The summed E-state index contributed by atoms with van der Waals surface area (Å²) in [6, 6.07) is 7.75. The van der Waals surface area contributed by atoms with E-state index >= 15 is 0 Å². The third-order valence-electron chi connectivity index (χ3n) is 2.82. The van der Waals surface area contributed by atoms with Crippen molar-refractivity contribution in [1.29, 1.82) is 0 Å². The third-order valence-corrected chi connectivity index (χ3v) is 2.82. The minimum absolute atomic E-state index is 0.344. The molecule has 0 spiro atoms. The molecule has 0 atom stereocenters. The van der Waals surface area contributed by atoms with Crippen molar-refractivity contribution in [3.8, 4) is 5.75 Å². The first-order valence-electron chi connectivity index (χ1n) is 6.95. The van der Waals surface area contributed by atoms with Gasteiger partial charge in [-0.2, -0.15) is 4.98 Å². The Labute approximate surface area is 124 Å². The molecule has 114 valence electrons. The van der Waals surface area contributed by atoms with Gasteiger partial charge in [-0.15, -0.1) is 0 Å². The molecular weight excluding hydrogens is 272 g/mol. The van der Waals surface area contributed by atoms with Gasteiger partial charge < -0.3 is 18.7 Å². The molecule has 1 heterocycles. The molecule has 1 aromatic carbocycles. The molecule has 21 heavy (non-hydrogen) atoms. The number of hydrogen-bond acceptors (Lipinski definition) is 6. The lowest BCUT2D eigenvalue weighted by Gasteiger charge is -2.11. The zero-order valence-corrected chi connectivity index (χ0v) is 12.5. The Morgan fingerprint density at radius 1 is 1.19 bits per heavy atom. The Hall–Kier alpha value is -1.92. The van der Waals surface area contributed by atoms with Crippen molar-refractivity contribution in [2.75, 3.05) is 20.3 Å². The zero-order chi connectivity index (χ0) is 15.1. The predicted octanol–water partition coefficient (Wildman–Crippen LogP) is 2.74. The van der Waals surface area contributed by atoms with Gasteiger partial charge in [-0.1, -0.05) is 17.3 Å². The van der Waals surface area contributed by atoms with Crippen molar-refractivity contribution >= 4 is 0 Å². The van der Waals surface area contributed by atoms with Crippen molar-refractivity contribution in [2.24, 2.45) is 0 Å². The van der Waals surface area contributed by atoms with E-state index < -0.39 is 6.29 Å². The summed E-state index contributed by atoms with van der Waals surface area (Å²) in [6.45, 7) is 4.80. The van der Waals surface area contributed by atoms with E-state index in [1.807, 2.05) is 38.1 Å². The summed E-state index contributed by atoms with van der Waals surface area (Å²) in [5, 5.41) is 3.97. The van der Waals surface area contributed by atoms with Crippen LogP contribution in [0.4, 0.5) is 0 Å². The summed E-state index contributed by atoms with van der Waals surface area (Å²) in [6.07, 6.45) is -0.0439. The first-order valence-corrected chi connectivity index (χ1v) is 6.95. The van der Waals surface area contributed by atoms with Gasteiger partial charge in [0.25, 0.3) is 5.89 Å². The monoisotopic (exact) mass is 292 g/mol. The molecule has 0 unspecified atom stereocenters. The van der Waals surface area contributed by atoms with Crippen molar-refractivity contribution in [2.45, 2.75) is 26.6 Å². The van der Waals surface area contributed by atoms with Crippen molar-refractivity contribution < 1.29 is 18.7 Å². The van der Waals surface area contributed by atoms with Gasteiger partial charge in [-0.3, -0.25) is 0 Å². The van der Waals surface area contributed by atoms with Gasteiger partial charge in [0.1, 0.15) is 5.75 Å². The molecule has 0 radical (unpaired) electrons. The number of hydrogen-bond donors (Lipinski definition) is 0. The molecule has 0 N–H and O–H groups in total. The van der Waals surface area contributed by atoms with Crippen LogP contribution in [-0.2, 0) is 15.9 Å². The number of nitrogens with zero attached hydrogens (tertiary/aromatic N) is 2. The van der Waals surface area contributed by atoms with Gasteiger partial charge in [0.2, 0.25) is 6.29 Å². The Morgan fingerprint density at radius 2 is 1.95 bits per heavy atom. The number of aromatic nitrogens is 2. The molecule has 0 aliphatic carbocycles. The van der Waals surface area contributed by atoms with Crippen LogP contribution in [0.3, 0.4) is 0 Å². The van der Waals surface area contributed by atoms with Crippen LogP contribution in [0.15, 0.2) is 28.8 Å². The zero-order valence-electron chi connectivity index (χ0n) is 12.5. The van der Waals surface area contributed by atoms with Crippen molar-refractivity contribution in [1.82, 2.24) is 10.1 Å². The van der Waals surface area contributed by atoms with E-state index in [2.05, 4.69) is 10.1 Å². The lowest BCUT2D eigenvalue weighted by Crippen LogP contribution is -2.09. The van der Waals surface area contributed by atoms with E-state index in [1.54, 1.807) is 7.11 Å². The number of ether oxygens (including phenoxy) is 3. The Bertz CT molecular complexity index is 550. The van der Waals surface area contributed by atoms with Crippen LogP contribution in [-0.4, -0.2) is 30.5 Å². The highest BCUT2D eigenvalue weighted by Gasteiger charge is 2.19. The van der Waals surface area contributed by atoms with E-state index in [4.69, 9.17) is 18.7 Å². The van der Waals surface area contributed by atoms with Gasteiger partial charge in [0.05, 0.1) is 7.11 Å². The fourth-order valence-electron chi connectivity index (χ4n) is 1.89. The molecule has 1 aromatic heterocycles. The van der Waals surface area contributed by atoms with Gasteiger partial charge in [-0.25, -0.2) is 0 Å². The summed E-state index contributed by atoms with van der Waals surface area (Å²) in [5.74, 6) is 1.73. The molecule has 2 aromatic rings. The van der Waals surface area contributed by atoms with Crippen molar-refractivity contribution in [3.63, 3.8) is 0 Å². The quantitative estimate of drug-likeness (QED) is 0.697. The first-order chi connectivity index (χ1) is 10.3. The maximum atomic E-state index is 5.43. The van der Waals surface area contributed by atoms with E-state index in [1.165, 1.54) is 0 Å². The molecule has 0 fully saturated rings. The maximum Gasteiger partial charge on any atom is 0.283 e. The molecule has 2 rings (SSSR count).